The van der Waals surface area contributed by atoms with Crippen LogP contribution in [0.4, 0.5) is 4.39 Å². The van der Waals surface area contributed by atoms with Crippen molar-refractivity contribution < 1.29 is 33.2 Å². The molecule has 44 heavy (non-hydrogen) atoms. The Bertz CT molecular complexity index is 1750. The van der Waals surface area contributed by atoms with E-state index < -0.39 is 17.6 Å². The SMILES string of the molecule is COc1cc(C(=O)O)cc2c1nc(CN1CCC(c3cccc4c3OC(C)(c3ccc(Cl)cc3F)O4)CC1)n2C[C@@H]1CCO1. The number of likely N-dealkylation sites (tertiary alicyclic amines) is 1. The zero-order valence-corrected chi connectivity index (χ0v) is 25.3. The predicted molar refractivity (Wildman–Crippen MR) is 161 cm³/mol. The van der Waals surface area contributed by atoms with Crippen LogP contribution in [0.25, 0.3) is 11.0 Å². The third-order valence-corrected chi connectivity index (χ3v) is 9.20. The van der Waals surface area contributed by atoms with Gasteiger partial charge in [-0.1, -0.05) is 23.7 Å². The van der Waals surface area contributed by atoms with Gasteiger partial charge in [0.1, 0.15) is 22.9 Å². The number of para-hydroxylation sites is 1. The first-order valence-corrected chi connectivity index (χ1v) is 15.2. The fraction of sp³-hybridized carbons (Fsp3) is 0.394. The maximum atomic E-state index is 14.8. The number of imidazole rings is 1. The standard InChI is InChI=1S/C33H33ClFN3O6/c1-33(24-7-6-21(34)16-25(24)35)43-27-5-3-4-23(31(27)44-33)19-8-11-37(12-9-19)18-29-36-30-26(38(29)17-22-10-13-42-22)14-20(32(39)40)15-28(30)41-2/h3-7,14-16,19,22H,8-13,17-18H2,1-2H3,(H,39,40)/t22-,33?/m0/s1. The van der Waals surface area contributed by atoms with E-state index in [0.29, 0.717) is 46.4 Å². The van der Waals surface area contributed by atoms with E-state index in [2.05, 4.69) is 15.5 Å². The fourth-order valence-electron chi connectivity index (χ4n) is 6.51. The lowest BCUT2D eigenvalue weighted by atomic mass is 9.88. The van der Waals surface area contributed by atoms with Crippen LogP contribution in [0, 0.1) is 5.82 Å². The number of piperidine rings is 1. The van der Waals surface area contributed by atoms with Crippen LogP contribution in [0.15, 0.2) is 48.5 Å². The molecule has 4 heterocycles. The zero-order chi connectivity index (χ0) is 30.6. The number of halogens is 2. The Hall–Kier alpha value is -3.86. The van der Waals surface area contributed by atoms with Crippen molar-refractivity contribution in [2.45, 2.75) is 57.1 Å². The minimum absolute atomic E-state index is 0.0748. The second-order valence-electron chi connectivity index (χ2n) is 11.8. The van der Waals surface area contributed by atoms with Crippen molar-refractivity contribution in [3.05, 3.63) is 81.9 Å². The van der Waals surface area contributed by atoms with Crippen LogP contribution in [0.1, 0.15) is 59.4 Å². The summed E-state index contributed by atoms with van der Waals surface area (Å²) in [5, 5.41) is 10.0. The van der Waals surface area contributed by atoms with Gasteiger partial charge in [0, 0.05) is 24.1 Å². The van der Waals surface area contributed by atoms with E-state index in [-0.39, 0.29) is 17.6 Å². The topological polar surface area (TPSA) is 95.3 Å². The van der Waals surface area contributed by atoms with E-state index >= 15 is 0 Å². The van der Waals surface area contributed by atoms with Crippen molar-refractivity contribution in [1.82, 2.24) is 14.5 Å². The van der Waals surface area contributed by atoms with Crippen molar-refractivity contribution in [3.63, 3.8) is 0 Å². The highest BCUT2D eigenvalue weighted by Crippen LogP contribution is 2.50. The van der Waals surface area contributed by atoms with Gasteiger partial charge < -0.3 is 28.6 Å². The average Bonchev–Trinajstić information content (AvgIpc) is 3.51. The molecule has 0 amide bonds. The van der Waals surface area contributed by atoms with Gasteiger partial charge in [0.05, 0.1) is 42.9 Å². The van der Waals surface area contributed by atoms with E-state index in [1.165, 1.54) is 19.2 Å². The third kappa shape index (κ3) is 5.14. The molecule has 2 saturated heterocycles. The number of benzene rings is 3. The summed E-state index contributed by atoms with van der Waals surface area (Å²) < 4.78 is 40.7. The van der Waals surface area contributed by atoms with Crippen molar-refractivity contribution in [1.29, 1.82) is 0 Å². The Kier molecular flexibility index (Phi) is 7.39. The van der Waals surface area contributed by atoms with Gasteiger partial charge in [-0.3, -0.25) is 4.90 Å². The molecule has 2 atom stereocenters. The molecule has 0 radical (unpaired) electrons. The molecule has 0 spiro atoms. The van der Waals surface area contributed by atoms with Crippen LogP contribution in [0.5, 0.6) is 17.2 Å². The van der Waals surface area contributed by atoms with E-state index in [1.807, 2.05) is 12.1 Å². The molecule has 0 aliphatic carbocycles. The van der Waals surface area contributed by atoms with Crippen molar-refractivity contribution in [2.24, 2.45) is 0 Å². The summed E-state index contributed by atoms with van der Waals surface area (Å²) in [4.78, 5) is 19.1. The summed E-state index contributed by atoms with van der Waals surface area (Å²) >= 11 is 5.98. The van der Waals surface area contributed by atoms with Gasteiger partial charge >= 0.3 is 5.97 Å². The molecular weight excluding hydrogens is 589 g/mol. The number of hydrogen-bond acceptors (Lipinski definition) is 7. The van der Waals surface area contributed by atoms with Gasteiger partial charge in [0.25, 0.3) is 5.79 Å². The lowest BCUT2D eigenvalue weighted by Crippen LogP contribution is -2.35. The average molecular weight is 622 g/mol. The number of aromatic carboxylic acids is 1. The van der Waals surface area contributed by atoms with Gasteiger partial charge in [-0.2, -0.15) is 0 Å². The molecule has 3 aromatic carbocycles. The first-order chi connectivity index (χ1) is 21.2. The smallest absolute Gasteiger partial charge is 0.335 e. The number of ether oxygens (including phenoxy) is 4. The second kappa shape index (κ2) is 11.3. The highest BCUT2D eigenvalue weighted by atomic mass is 35.5. The molecular formula is C33H33ClFN3O6. The first-order valence-electron chi connectivity index (χ1n) is 14.8. The highest BCUT2D eigenvalue weighted by Gasteiger charge is 2.43. The molecule has 0 bridgehead atoms. The molecule has 1 aromatic heterocycles. The molecule has 9 nitrogen and oxygen atoms in total. The minimum atomic E-state index is -1.29. The zero-order valence-electron chi connectivity index (χ0n) is 24.5. The van der Waals surface area contributed by atoms with Crippen LogP contribution < -0.4 is 14.2 Å². The maximum Gasteiger partial charge on any atom is 0.335 e. The number of carboxylic acids is 1. The number of fused-ring (bicyclic) bond motifs is 2. The van der Waals surface area contributed by atoms with Crippen LogP contribution in [0.3, 0.4) is 0 Å². The summed E-state index contributed by atoms with van der Waals surface area (Å²) in [6, 6.07) is 13.6. The summed E-state index contributed by atoms with van der Waals surface area (Å²) in [6.07, 6.45) is 2.82. The van der Waals surface area contributed by atoms with E-state index in [4.69, 9.17) is 35.5 Å². The Labute approximate surface area is 259 Å². The Morgan fingerprint density at radius 2 is 1.95 bits per heavy atom. The van der Waals surface area contributed by atoms with Crippen molar-refractivity contribution in [3.8, 4) is 17.2 Å². The highest BCUT2D eigenvalue weighted by molar-refractivity contribution is 6.30. The van der Waals surface area contributed by atoms with Gasteiger partial charge in [0.15, 0.2) is 11.5 Å². The summed E-state index contributed by atoms with van der Waals surface area (Å²) in [5.41, 5.74) is 2.90. The Morgan fingerprint density at radius 1 is 1.16 bits per heavy atom. The summed E-state index contributed by atoms with van der Waals surface area (Å²) in [7, 11) is 1.53. The lowest BCUT2D eigenvalue weighted by molar-refractivity contribution is -0.0712. The van der Waals surface area contributed by atoms with E-state index in [0.717, 1.165) is 55.9 Å². The quantitative estimate of drug-likeness (QED) is 0.243. The van der Waals surface area contributed by atoms with Crippen molar-refractivity contribution >= 4 is 28.6 Å². The second-order valence-corrected chi connectivity index (χ2v) is 12.2. The van der Waals surface area contributed by atoms with Crippen LogP contribution in [-0.2, 0) is 23.6 Å². The van der Waals surface area contributed by atoms with Gasteiger partial charge in [0.2, 0.25) is 0 Å². The summed E-state index contributed by atoms with van der Waals surface area (Å²) in [6.45, 7) is 5.34. The number of carbonyl (C=O) groups is 1. The molecule has 3 aliphatic rings. The maximum absolute atomic E-state index is 14.8. The molecule has 2 fully saturated rings. The van der Waals surface area contributed by atoms with E-state index in [9.17, 15) is 14.3 Å². The predicted octanol–water partition coefficient (Wildman–Crippen LogP) is 6.35. The molecule has 230 valence electrons. The Morgan fingerprint density at radius 3 is 2.64 bits per heavy atom. The van der Waals surface area contributed by atoms with Gasteiger partial charge in [-0.05, 0) is 74.7 Å². The normalized spacial score (nSPS) is 21.9. The van der Waals surface area contributed by atoms with Crippen LogP contribution in [0.2, 0.25) is 5.02 Å². The minimum Gasteiger partial charge on any atom is -0.494 e. The van der Waals surface area contributed by atoms with E-state index in [1.54, 1.807) is 25.1 Å². The number of nitrogens with zero attached hydrogens (tertiary/aromatic N) is 3. The largest absolute Gasteiger partial charge is 0.494 e. The number of hydrogen-bond donors (Lipinski definition) is 1. The monoisotopic (exact) mass is 621 g/mol. The fourth-order valence-corrected chi connectivity index (χ4v) is 6.67. The number of aromatic nitrogens is 2. The molecule has 1 unspecified atom stereocenters. The number of methoxy groups -OCH3 is 1. The van der Waals surface area contributed by atoms with Crippen LogP contribution >= 0.6 is 11.6 Å². The van der Waals surface area contributed by atoms with Gasteiger partial charge in [-0.25, -0.2) is 14.2 Å². The molecule has 0 saturated carbocycles. The molecule has 3 aliphatic heterocycles. The lowest BCUT2D eigenvalue weighted by Gasteiger charge is -2.33. The first kappa shape index (κ1) is 28.9. The van der Waals surface area contributed by atoms with Crippen LogP contribution in [-0.4, -0.2) is 58.4 Å². The Balaban J connectivity index is 1.10. The number of carboxylic acid groups (broad SMARTS) is 1. The molecule has 11 heteroatoms. The molecule has 1 N–H and O–H groups in total. The van der Waals surface area contributed by atoms with Crippen molar-refractivity contribution in [2.75, 3.05) is 26.8 Å². The summed E-state index contributed by atoms with van der Waals surface area (Å²) in [5.74, 6) is 0.0128. The van der Waals surface area contributed by atoms with Gasteiger partial charge in [-0.15, -0.1) is 0 Å². The molecule has 4 aromatic rings. The molecule has 7 rings (SSSR count). The number of rotatable bonds is 8. The third-order valence-electron chi connectivity index (χ3n) is 8.97.